The number of amides is 1. The standard InChI is InChI=1S/C18H16Cl2FN5O/c1-10-7-15-14(23-24-26(15)16-8-11(21)5-6-22-16)9-25(10)18(27)12-3-2-4-13(19)17(12)20/h2-6,8,10,23-24H,7,9H2,1H3. The molecule has 0 saturated heterocycles. The molecule has 1 aromatic carbocycles. The van der Waals surface area contributed by atoms with Crippen LogP contribution in [0.4, 0.5) is 10.2 Å². The smallest absolute Gasteiger partial charge is 0.256 e. The summed E-state index contributed by atoms with van der Waals surface area (Å²) in [7, 11) is 0. The summed E-state index contributed by atoms with van der Waals surface area (Å²) in [6, 6.07) is 7.56. The summed E-state index contributed by atoms with van der Waals surface area (Å²) in [6.07, 6.45) is 1.98. The summed E-state index contributed by atoms with van der Waals surface area (Å²) >= 11 is 12.3. The van der Waals surface area contributed by atoms with E-state index < -0.39 is 0 Å². The molecule has 2 N–H and O–H groups in total. The van der Waals surface area contributed by atoms with Gasteiger partial charge in [-0.15, -0.1) is 5.53 Å². The highest BCUT2D eigenvalue weighted by Crippen LogP contribution is 2.32. The van der Waals surface area contributed by atoms with E-state index in [0.29, 0.717) is 29.4 Å². The van der Waals surface area contributed by atoms with Crippen molar-refractivity contribution in [2.24, 2.45) is 0 Å². The lowest BCUT2D eigenvalue weighted by Crippen LogP contribution is -2.44. The summed E-state index contributed by atoms with van der Waals surface area (Å²) in [4.78, 5) is 18.9. The van der Waals surface area contributed by atoms with Crippen LogP contribution in [0, 0.1) is 5.82 Å². The van der Waals surface area contributed by atoms with Crippen molar-refractivity contribution in [3.8, 4) is 0 Å². The predicted octanol–water partition coefficient (Wildman–Crippen LogP) is 3.50. The van der Waals surface area contributed by atoms with Crippen LogP contribution < -0.4 is 16.0 Å². The van der Waals surface area contributed by atoms with E-state index in [1.165, 1.54) is 18.3 Å². The molecular formula is C18H16Cl2FN5O. The second kappa shape index (κ2) is 6.99. The number of nitrogens with zero attached hydrogens (tertiary/aromatic N) is 3. The Kier molecular flexibility index (Phi) is 4.67. The van der Waals surface area contributed by atoms with Gasteiger partial charge in [0, 0.05) is 24.7 Å². The van der Waals surface area contributed by atoms with Crippen LogP contribution in [0.5, 0.6) is 0 Å². The molecule has 1 aromatic heterocycles. The topological polar surface area (TPSA) is 60.5 Å². The molecule has 1 atom stereocenters. The predicted molar refractivity (Wildman–Crippen MR) is 102 cm³/mol. The van der Waals surface area contributed by atoms with E-state index in [4.69, 9.17) is 23.2 Å². The number of hydrogen-bond donors (Lipinski definition) is 2. The fraction of sp³-hybridized carbons (Fsp3) is 0.222. The molecule has 0 radical (unpaired) electrons. The van der Waals surface area contributed by atoms with Gasteiger partial charge in [-0.05, 0) is 25.1 Å². The second-order valence-electron chi connectivity index (χ2n) is 6.42. The number of nitrogens with one attached hydrogen (secondary N) is 2. The van der Waals surface area contributed by atoms with Gasteiger partial charge in [-0.2, -0.15) is 0 Å². The first-order valence-corrected chi connectivity index (χ1v) is 9.11. The summed E-state index contributed by atoms with van der Waals surface area (Å²) < 4.78 is 13.5. The molecule has 6 nitrogen and oxygen atoms in total. The van der Waals surface area contributed by atoms with Gasteiger partial charge in [-0.1, -0.05) is 29.3 Å². The number of aromatic nitrogens is 1. The molecule has 140 valence electrons. The number of halogens is 3. The number of carbonyl (C=O) groups excluding carboxylic acids is 1. The minimum atomic E-state index is -0.368. The second-order valence-corrected chi connectivity index (χ2v) is 7.20. The SMILES string of the molecule is CC1CC2=C(CN1C(=O)c1cccc(Cl)c1Cl)NNN2c1cc(F)ccn1. The fourth-order valence-electron chi connectivity index (χ4n) is 3.27. The Hall–Kier alpha value is -2.35. The largest absolute Gasteiger partial charge is 0.330 e. The number of anilines is 1. The van der Waals surface area contributed by atoms with Crippen LogP contribution in [0.15, 0.2) is 47.9 Å². The third-order valence-electron chi connectivity index (χ3n) is 4.67. The van der Waals surface area contributed by atoms with E-state index in [9.17, 15) is 9.18 Å². The number of carbonyl (C=O) groups is 1. The Balaban J connectivity index is 1.61. The maximum atomic E-state index is 13.5. The van der Waals surface area contributed by atoms with Gasteiger partial charge in [0.2, 0.25) is 0 Å². The van der Waals surface area contributed by atoms with Gasteiger partial charge in [-0.3, -0.25) is 4.79 Å². The van der Waals surface area contributed by atoms with Crippen LogP contribution in [0.2, 0.25) is 10.0 Å². The molecule has 4 rings (SSSR count). The van der Waals surface area contributed by atoms with Crippen molar-refractivity contribution < 1.29 is 9.18 Å². The van der Waals surface area contributed by atoms with E-state index in [0.717, 1.165) is 11.4 Å². The monoisotopic (exact) mass is 407 g/mol. The van der Waals surface area contributed by atoms with Crippen molar-refractivity contribution in [3.63, 3.8) is 0 Å². The van der Waals surface area contributed by atoms with Gasteiger partial charge in [0.15, 0.2) is 5.82 Å². The molecule has 0 aliphatic carbocycles. The van der Waals surface area contributed by atoms with E-state index in [-0.39, 0.29) is 22.8 Å². The lowest BCUT2D eigenvalue weighted by Gasteiger charge is -2.35. The zero-order chi connectivity index (χ0) is 19.1. The minimum absolute atomic E-state index is 0.0935. The normalized spacial score (nSPS) is 19.2. The van der Waals surface area contributed by atoms with Gasteiger partial charge >= 0.3 is 0 Å². The Labute approximate surface area is 165 Å². The zero-order valence-corrected chi connectivity index (χ0v) is 15.9. The third-order valence-corrected chi connectivity index (χ3v) is 5.48. The van der Waals surface area contributed by atoms with Crippen LogP contribution in [-0.4, -0.2) is 28.4 Å². The molecule has 1 amide bonds. The van der Waals surface area contributed by atoms with Crippen molar-refractivity contribution >= 4 is 34.9 Å². The Morgan fingerprint density at radius 2 is 2.15 bits per heavy atom. The van der Waals surface area contributed by atoms with Crippen molar-refractivity contribution in [2.75, 3.05) is 11.6 Å². The Bertz CT molecular complexity index is 951. The summed E-state index contributed by atoms with van der Waals surface area (Å²) in [5.41, 5.74) is 8.14. The fourth-order valence-corrected chi connectivity index (χ4v) is 3.65. The first-order valence-electron chi connectivity index (χ1n) is 8.36. The van der Waals surface area contributed by atoms with E-state index >= 15 is 0 Å². The molecule has 2 aliphatic heterocycles. The quantitative estimate of drug-likeness (QED) is 0.797. The maximum absolute atomic E-state index is 13.5. The lowest BCUT2D eigenvalue weighted by atomic mass is 10.0. The first-order chi connectivity index (χ1) is 13.0. The van der Waals surface area contributed by atoms with Crippen LogP contribution in [0.25, 0.3) is 0 Å². The average molecular weight is 408 g/mol. The van der Waals surface area contributed by atoms with Gasteiger partial charge in [0.1, 0.15) is 5.82 Å². The molecule has 0 spiro atoms. The molecule has 0 bridgehead atoms. The highest BCUT2D eigenvalue weighted by molar-refractivity contribution is 6.43. The van der Waals surface area contributed by atoms with Crippen LogP contribution >= 0.6 is 23.2 Å². The highest BCUT2D eigenvalue weighted by atomic mass is 35.5. The molecule has 1 unspecified atom stereocenters. The minimum Gasteiger partial charge on any atom is -0.330 e. The van der Waals surface area contributed by atoms with Crippen molar-refractivity contribution in [3.05, 3.63) is 69.3 Å². The lowest BCUT2D eigenvalue weighted by molar-refractivity contribution is 0.0696. The Morgan fingerprint density at radius 1 is 1.33 bits per heavy atom. The molecule has 9 heteroatoms. The van der Waals surface area contributed by atoms with E-state index in [2.05, 4.69) is 15.9 Å². The van der Waals surface area contributed by atoms with Gasteiger partial charge in [-0.25, -0.2) is 14.4 Å². The van der Waals surface area contributed by atoms with Crippen LogP contribution in [-0.2, 0) is 0 Å². The molecule has 2 aliphatic rings. The molecule has 3 heterocycles. The van der Waals surface area contributed by atoms with Crippen molar-refractivity contribution in [1.82, 2.24) is 20.8 Å². The third kappa shape index (κ3) is 3.22. The van der Waals surface area contributed by atoms with Crippen molar-refractivity contribution in [2.45, 2.75) is 19.4 Å². The van der Waals surface area contributed by atoms with E-state index in [1.807, 2.05) is 6.92 Å². The maximum Gasteiger partial charge on any atom is 0.256 e. The Morgan fingerprint density at radius 3 is 2.93 bits per heavy atom. The number of hydrazine groups is 2. The number of rotatable bonds is 2. The molecule has 27 heavy (non-hydrogen) atoms. The van der Waals surface area contributed by atoms with Crippen molar-refractivity contribution in [1.29, 1.82) is 0 Å². The first kappa shape index (κ1) is 18.0. The number of benzene rings is 1. The van der Waals surface area contributed by atoms with Gasteiger partial charge in [0.05, 0.1) is 33.5 Å². The summed E-state index contributed by atoms with van der Waals surface area (Å²) in [6.45, 7) is 2.31. The number of hydrogen-bond acceptors (Lipinski definition) is 5. The van der Waals surface area contributed by atoms with E-state index in [1.54, 1.807) is 28.1 Å². The van der Waals surface area contributed by atoms with Crippen LogP contribution in [0.3, 0.4) is 0 Å². The van der Waals surface area contributed by atoms with Crippen LogP contribution in [0.1, 0.15) is 23.7 Å². The van der Waals surface area contributed by atoms with Gasteiger partial charge < -0.3 is 10.3 Å². The highest BCUT2D eigenvalue weighted by Gasteiger charge is 2.36. The molecule has 0 fully saturated rings. The summed E-state index contributed by atoms with van der Waals surface area (Å²) in [5, 5.41) is 2.29. The molecular weight excluding hydrogens is 392 g/mol. The van der Waals surface area contributed by atoms with Gasteiger partial charge in [0.25, 0.3) is 5.91 Å². The number of pyridine rings is 1. The molecule has 0 saturated carbocycles. The summed E-state index contributed by atoms with van der Waals surface area (Å²) in [5.74, 6) is -0.116. The average Bonchev–Trinajstić information content (AvgIpc) is 3.05. The zero-order valence-electron chi connectivity index (χ0n) is 14.3. The molecule has 2 aromatic rings.